The van der Waals surface area contributed by atoms with Crippen molar-refractivity contribution in [1.29, 1.82) is 0 Å². The first kappa shape index (κ1) is 23.0. The predicted molar refractivity (Wildman–Crippen MR) is 112 cm³/mol. The van der Waals surface area contributed by atoms with Crippen molar-refractivity contribution < 1.29 is 14.6 Å². The molecule has 5 nitrogen and oxygen atoms in total. The van der Waals surface area contributed by atoms with Crippen LogP contribution in [-0.2, 0) is 9.53 Å². The van der Waals surface area contributed by atoms with Crippen LogP contribution >= 0.6 is 23.2 Å². The van der Waals surface area contributed by atoms with Gasteiger partial charge in [-0.2, -0.15) is 5.10 Å². The number of nitrogens with one attached hydrogen (secondary N) is 1. The first-order valence-corrected chi connectivity index (χ1v) is 9.35. The smallest absolute Gasteiger partial charge is 0.354 e. The molecule has 2 N–H and O–H groups in total. The Labute approximate surface area is 170 Å². The maximum Gasteiger partial charge on any atom is 0.354 e. The number of rotatable bonds is 10. The fourth-order valence-electron chi connectivity index (χ4n) is 2.22. The highest BCUT2D eigenvalue weighted by atomic mass is 35.5. The van der Waals surface area contributed by atoms with Gasteiger partial charge in [-0.3, -0.25) is 5.43 Å². The Kier molecular flexibility index (Phi) is 10.5. The number of carbonyl (C=O) groups is 1. The molecule has 0 saturated carbocycles. The number of nitrogens with zero attached hydrogens (tertiary/aromatic N) is 1. The number of halogens is 2. The number of hydrazone groups is 1. The number of para-hydroxylation sites is 1. The average molecular weight is 411 g/mol. The Morgan fingerprint density at radius 2 is 2.15 bits per heavy atom. The lowest BCUT2D eigenvalue weighted by molar-refractivity contribution is -0.135. The van der Waals surface area contributed by atoms with Crippen LogP contribution < -0.4 is 5.43 Å². The topological polar surface area (TPSA) is 70.9 Å². The molecule has 0 bridgehead atoms. The molecule has 0 amide bonds. The Bertz CT molecular complexity index is 730. The summed E-state index contributed by atoms with van der Waals surface area (Å²) in [6.45, 7) is 7.21. The van der Waals surface area contributed by atoms with Gasteiger partial charge in [0.1, 0.15) is 0 Å². The predicted octanol–water partition coefficient (Wildman–Crippen LogP) is 4.58. The first-order chi connectivity index (χ1) is 13.0. The van der Waals surface area contributed by atoms with Crippen molar-refractivity contribution in [3.63, 3.8) is 0 Å². The molecule has 1 aromatic carbocycles. The van der Waals surface area contributed by atoms with Crippen molar-refractivity contribution in [2.75, 3.05) is 17.9 Å². The molecular weight excluding hydrogens is 387 g/mol. The molecule has 146 valence electrons. The summed E-state index contributed by atoms with van der Waals surface area (Å²) in [4.78, 5) is 12.4. The zero-order chi connectivity index (χ0) is 20.2. The fraction of sp³-hybridized carbons (Fsp3) is 0.300. The second-order valence-corrected chi connectivity index (χ2v) is 6.22. The van der Waals surface area contributed by atoms with Crippen molar-refractivity contribution in [2.45, 2.75) is 20.0 Å². The Morgan fingerprint density at radius 1 is 1.44 bits per heavy atom. The molecule has 7 heteroatoms. The van der Waals surface area contributed by atoms with E-state index in [4.69, 9.17) is 27.9 Å². The third-order valence-electron chi connectivity index (χ3n) is 3.61. The number of hydrogen-bond donors (Lipinski definition) is 2. The van der Waals surface area contributed by atoms with Gasteiger partial charge in [0, 0.05) is 11.8 Å². The lowest BCUT2D eigenvalue weighted by atomic mass is 9.92. The van der Waals surface area contributed by atoms with Gasteiger partial charge in [-0.1, -0.05) is 61.5 Å². The van der Waals surface area contributed by atoms with Crippen molar-refractivity contribution in [2.24, 2.45) is 11.0 Å². The van der Waals surface area contributed by atoms with E-state index in [2.05, 4.69) is 17.1 Å². The number of benzene rings is 1. The number of hydrogen-bond acceptors (Lipinski definition) is 5. The van der Waals surface area contributed by atoms with Crippen LogP contribution in [0.4, 0.5) is 5.69 Å². The lowest BCUT2D eigenvalue weighted by Gasteiger charge is -2.21. The molecule has 0 spiro atoms. The van der Waals surface area contributed by atoms with E-state index < -0.39 is 18.0 Å². The molecule has 1 rings (SSSR count). The summed E-state index contributed by atoms with van der Waals surface area (Å²) in [5.41, 5.74) is 3.89. The minimum atomic E-state index is -1.02. The maximum absolute atomic E-state index is 12.4. The van der Waals surface area contributed by atoms with Gasteiger partial charge in [0.2, 0.25) is 0 Å². The van der Waals surface area contributed by atoms with Crippen LogP contribution in [0.1, 0.15) is 13.8 Å². The third-order valence-corrected chi connectivity index (χ3v) is 4.12. The van der Waals surface area contributed by atoms with Crippen LogP contribution in [0.2, 0.25) is 5.02 Å². The van der Waals surface area contributed by atoms with Crippen LogP contribution in [-0.4, -0.2) is 35.4 Å². The van der Waals surface area contributed by atoms with Crippen molar-refractivity contribution in [1.82, 2.24) is 0 Å². The minimum Gasteiger partial charge on any atom is -0.461 e. The molecule has 0 aliphatic heterocycles. The highest BCUT2D eigenvalue weighted by Crippen LogP contribution is 2.22. The summed E-state index contributed by atoms with van der Waals surface area (Å²) in [6.07, 6.45) is 5.55. The summed E-state index contributed by atoms with van der Waals surface area (Å²) in [7, 11) is 0. The van der Waals surface area contributed by atoms with Gasteiger partial charge in [-0.25, -0.2) is 4.79 Å². The molecule has 27 heavy (non-hydrogen) atoms. The summed E-state index contributed by atoms with van der Waals surface area (Å²) in [5.74, 6) is -0.990. The monoisotopic (exact) mass is 410 g/mol. The largest absolute Gasteiger partial charge is 0.461 e. The van der Waals surface area contributed by atoms with E-state index in [0.717, 1.165) is 0 Å². The fourth-order valence-corrected chi connectivity index (χ4v) is 2.49. The maximum atomic E-state index is 12.4. The molecule has 0 aromatic heterocycles. The number of alkyl halides is 1. The van der Waals surface area contributed by atoms with Crippen LogP contribution in [0.15, 0.2) is 65.8 Å². The van der Waals surface area contributed by atoms with Gasteiger partial charge in [0.15, 0.2) is 5.71 Å². The number of anilines is 1. The van der Waals surface area contributed by atoms with Crippen molar-refractivity contribution in [3.05, 3.63) is 65.7 Å². The summed E-state index contributed by atoms with van der Waals surface area (Å²) < 4.78 is 5.08. The SMILES string of the molecule is C=C/C=C(\C=C/CCl)C(O)C(C)/C(=N/Nc1ccccc1Cl)C(=O)OCC. The van der Waals surface area contributed by atoms with Crippen molar-refractivity contribution >= 4 is 40.6 Å². The van der Waals surface area contributed by atoms with Crippen LogP contribution in [0, 0.1) is 5.92 Å². The zero-order valence-electron chi connectivity index (χ0n) is 15.4. The molecular formula is C20H24Cl2N2O3. The van der Waals surface area contributed by atoms with Crippen LogP contribution in [0.3, 0.4) is 0 Å². The lowest BCUT2D eigenvalue weighted by Crippen LogP contribution is -2.34. The zero-order valence-corrected chi connectivity index (χ0v) is 16.9. The minimum absolute atomic E-state index is 0.0403. The highest BCUT2D eigenvalue weighted by Gasteiger charge is 2.28. The molecule has 1 aromatic rings. The quantitative estimate of drug-likeness (QED) is 0.195. The van der Waals surface area contributed by atoms with E-state index in [1.165, 1.54) is 0 Å². The van der Waals surface area contributed by atoms with Gasteiger partial charge >= 0.3 is 5.97 Å². The van der Waals surface area contributed by atoms with E-state index in [-0.39, 0.29) is 12.3 Å². The van der Waals surface area contributed by atoms with Gasteiger partial charge < -0.3 is 9.84 Å². The number of aliphatic hydroxyl groups excluding tert-OH is 1. The first-order valence-electron chi connectivity index (χ1n) is 8.44. The second kappa shape index (κ2) is 12.3. The molecule has 0 radical (unpaired) electrons. The third kappa shape index (κ3) is 7.21. The van der Waals surface area contributed by atoms with E-state index in [1.54, 1.807) is 62.4 Å². The molecule has 0 aliphatic rings. The molecule has 0 heterocycles. The van der Waals surface area contributed by atoms with E-state index >= 15 is 0 Å². The molecule has 0 saturated heterocycles. The standard InChI is InChI=1S/C20H24Cl2N2O3/c1-4-9-15(10-8-13-21)19(25)14(3)18(20(26)27-5-2)24-23-17-12-7-6-11-16(17)22/h4,6-12,14,19,23,25H,1,5,13H2,2-3H3/b10-8-,15-9+,24-18-. The molecule has 2 atom stereocenters. The Hall–Kier alpha value is -2.08. The molecule has 0 fully saturated rings. The number of esters is 1. The Balaban J connectivity index is 3.17. The number of allylic oxidation sites excluding steroid dienone is 3. The number of carbonyl (C=O) groups excluding carboxylic acids is 1. The Morgan fingerprint density at radius 3 is 2.74 bits per heavy atom. The van der Waals surface area contributed by atoms with Gasteiger partial charge in [-0.15, -0.1) is 11.6 Å². The van der Waals surface area contributed by atoms with Crippen LogP contribution in [0.5, 0.6) is 0 Å². The highest BCUT2D eigenvalue weighted by molar-refractivity contribution is 6.37. The summed E-state index contributed by atoms with van der Waals surface area (Å²) >= 11 is 11.8. The van der Waals surface area contributed by atoms with Gasteiger partial charge in [0.05, 0.1) is 23.4 Å². The molecule has 2 unspecified atom stereocenters. The number of aliphatic hydroxyl groups is 1. The van der Waals surface area contributed by atoms with E-state index in [1.807, 2.05) is 0 Å². The van der Waals surface area contributed by atoms with Crippen molar-refractivity contribution in [3.8, 4) is 0 Å². The van der Waals surface area contributed by atoms with E-state index in [0.29, 0.717) is 22.2 Å². The second-order valence-electron chi connectivity index (χ2n) is 5.50. The summed E-state index contributed by atoms with van der Waals surface area (Å²) in [6, 6.07) is 6.99. The summed E-state index contributed by atoms with van der Waals surface area (Å²) in [5, 5.41) is 15.3. The van der Waals surface area contributed by atoms with E-state index in [9.17, 15) is 9.90 Å². The molecule has 0 aliphatic carbocycles. The normalized spacial score (nSPS) is 14.7. The average Bonchev–Trinajstić information content (AvgIpc) is 2.66. The van der Waals surface area contributed by atoms with Gasteiger partial charge in [-0.05, 0) is 24.6 Å². The van der Waals surface area contributed by atoms with Gasteiger partial charge in [0.25, 0.3) is 0 Å². The number of ether oxygens (including phenoxy) is 1. The van der Waals surface area contributed by atoms with Crippen LogP contribution in [0.25, 0.3) is 0 Å².